The second-order valence-corrected chi connectivity index (χ2v) is 4.51. The van der Waals surface area contributed by atoms with Crippen LogP contribution >= 0.6 is 0 Å². The summed E-state index contributed by atoms with van der Waals surface area (Å²) in [5.74, 6) is 0. The van der Waals surface area contributed by atoms with Crippen LogP contribution in [0, 0.1) is 11.3 Å². The molecule has 1 fully saturated rings. The molecule has 1 saturated carbocycles. The zero-order valence-corrected chi connectivity index (χ0v) is 10.4. The van der Waals surface area contributed by atoms with Crippen LogP contribution in [0.1, 0.15) is 51.9 Å². The number of ether oxygens (including phenoxy) is 1. The van der Waals surface area contributed by atoms with E-state index in [1.165, 1.54) is 38.5 Å². The smallest absolute Gasteiger partial charge is 0.0974 e. The van der Waals surface area contributed by atoms with Crippen LogP contribution in [0.2, 0.25) is 0 Å². The quantitative estimate of drug-likeness (QED) is 0.705. The zero-order valence-electron chi connectivity index (χ0n) is 10.4. The molecule has 16 heavy (non-hydrogen) atoms. The lowest BCUT2D eigenvalue weighted by Crippen LogP contribution is -2.29. The molecule has 1 atom stereocenters. The van der Waals surface area contributed by atoms with Gasteiger partial charge in [-0.1, -0.05) is 32.6 Å². The first-order valence-corrected chi connectivity index (χ1v) is 6.61. The summed E-state index contributed by atoms with van der Waals surface area (Å²) in [7, 11) is 0. The molecule has 1 N–H and O–H groups in total. The Balaban J connectivity index is 2.11. The minimum Gasteiger partial charge on any atom is -0.378 e. The van der Waals surface area contributed by atoms with Crippen LogP contribution < -0.4 is 5.32 Å². The van der Waals surface area contributed by atoms with Crippen LogP contribution in [0.5, 0.6) is 0 Å². The molecule has 0 amide bonds. The number of rotatable bonds is 6. The Labute approximate surface area is 99.2 Å². The number of nitriles is 1. The van der Waals surface area contributed by atoms with E-state index in [4.69, 9.17) is 10.00 Å². The lowest BCUT2D eigenvalue weighted by atomic mass is 10.1. The number of hydrogen-bond donors (Lipinski definition) is 1. The van der Waals surface area contributed by atoms with Crippen molar-refractivity contribution in [1.82, 2.24) is 5.32 Å². The fourth-order valence-electron chi connectivity index (χ4n) is 2.22. The van der Waals surface area contributed by atoms with Gasteiger partial charge in [-0.3, -0.25) is 0 Å². The molecular weight excluding hydrogens is 200 g/mol. The first-order valence-electron chi connectivity index (χ1n) is 6.61. The van der Waals surface area contributed by atoms with Gasteiger partial charge in [0.1, 0.15) is 0 Å². The van der Waals surface area contributed by atoms with Gasteiger partial charge in [0.25, 0.3) is 0 Å². The largest absolute Gasteiger partial charge is 0.378 e. The van der Waals surface area contributed by atoms with Gasteiger partial charge in [-0.2, -0.15) is 5.26 Å². The van der Waals surface area contributed by atoms with Crippen molar-refractivity contribution in [3.8, 4) is 6.07 Å². The van der Waals surface area contributed by atoms with Crippen molar-refractivity contribution in [1.29, 1.82) is 5.26 Å². The van der Waals surface area contributed by atoms with Gasteiger partial charge in [0.15, 0.2) is 0 Å². The van der Waals surface area contributed by atoms with Crippen LogP contribution in [0.15, 0.2) is 0 Å². The van der Waals surface area contributed by atoms with E-state index in [2.05, 4.69) is 11.4 Å². The molecular formula is C13H24N2O. The van der Waals surface area contributed by atoms with Crippen molar-refractivity contribution >= 4 is 0 Å². The predicted octanol–water partition coefficient (Wildman–Crippen LogP) is 2.62. The van der Waals surface area contributed by atoms with Gasteiger partial charge in [0.05, 0.1) is 18.2 Å². The fraction of sp³-hybridized carbons (Fsp3) is 0.923. The van der Waals surface area contributed by atoms with Crippen LogP contribution in [0.4, 0.5) is 0 Å². The summed E-state index contributed by atoms with van der Waals surface area (Å²) in [6, 6.07) is 2.22. The number of hydrogen-bond acceptors (Lipinski definition) is 3. The molecule has 0 spiro atoms. The topological polar surface area (TPSA) is 45.0 Å². The normalized spacial score (nSPS) is 20.0. The molecule has 1 aliphatic rings. The maximum absolute atomic E-state index is 8.87. The monoisotopic (exact) mass is 224 g/mol. The van der Waals surface area contributed by atoms with Crippen LogP contribution in [0.3, 0.4) is 0 Å². The van der Waals surface area contributed by atoms with Gasteiger partial charge in [-0.05, 0) is 25.8 Å². The molecule has 3 heteroatoms. The van der Waals surface area contributed by atoms with Gasteiger partial charge in [-0.15, -0.1) is 0 Å². The first-order chi connectivity index (χ1) is 7.86. The van der Waals surface area contributed by atoms with Crippen molar-refractivity contribution in [2.75, 3.05) is 13.2 Å². The minimum absolute atomic E-state index is 0.0456. The minimum atomic E-state index is -0.0456. The molecule has 0 saturated heterocycles. The Morgan fingerprint density at radius 2 is 2.00 bits per heavy atom. The highest BCUT2D eigenvalue weighted by atomic mass is 16.5. The summed E-state index contributed by atoms with van der Waals surface area (Å²) in [6.07, 6.45) is 9.00. The van der Waals surface area contributed by atoms with Crippen LogP contribution in [-0.2, 0) is 4.74 Å². The standard InChI is InChI=1S/C13H24N2O/c1-2-15-12(11-14)9-10-16-13-7-5-3-4-6-8-13/h12-13,15H,2-10H2,1H3. The van der Waals surface area contributed by atoms with Gasteiger partial charge >= 0.3 is 0 Å². The van der Waals surface area contributed by atoms with E-state index in [-0.39, 0.29) is 6.04 Å². The molecule has 0 radical (unpaired) electrons. The highest BCUT2D eigenvalue weighted by Crippen LogP contribution is 2.19. The molecule has 0 aromatic rings. The predicted molar refractivity (Wildman–Crippen MR) is 65.1 cm³/mol. The van der Waals surface area contributed by atoms with E-state index < -0.39 is 0 Å². The molecule has 0 aromatic heterocycles. The van der Waals surface area contributed by atoms with Crippen molar-refractivity contribution in [3.05, 3.63) is 0 Å². The Bertz CT molecular complexity index is 204. The second kappa shape index (κ2) is 8.55. The summed E-state index contributed by atoms with van der Waals surface area (Å²) in [5, 5.41) is 12.0. The Kier molecular flexibility index (Phi) is 7.20. The molecule has 1 rings (SSSR count). The number of nitrogens with one attached hydrogen (secondary N) is 1. The molecule has 0 aromatic carbocycles. The molecule has 1 unspecified atom stereocenters. The van der Waals surface area contributed by atoms with Crippen molar-refractivity contribution in [2.24, 2.45) is 0 Å². The summed E-state index contributed by atoms with van der Waals surface area (Å²) in [5.41, 5.74) is 0. The van der Waals surface area contributed by atoms with Gasteiger partial charge in [0.2, 0.25) is 0 Å². The molecule has 0 aliphatic heterocycles. The summed E-state index contributed by atoms with van der Waals surface area (Å²) >= 11 is 0. The Morgan fingerprint density at radius 3 is 2.56 bits per heavy atom. The highest BCUT2D eigenvalue weighted by Gasteiger charge is 2.13. The van der Waals surface area contributed by atoms with Gasteiger partial charge in [0, 0.05) is 6.61 Å². The van der Waals surface area contributed by atoms with E-state index in [1.807, 2.05) is 6.92 Å². The third kappa shape index (κ3) is 5.48. The van der Waals surface area contributed by atoms with E-state index >= 15 is 0 Å². The van der Waals surface area contributed by atoms with Gasteiger partial charge < -0.3 is 10.1 Å². The van der Waals surface area contributed by atoms with E-state index in [0.29, 0.717) is 6.10 Å². The maximum atomic E-state index is 8.87. The fourth-order valence-corrected chi connectivity index (χ4v) is 2.22. The third-order valence-electron chi connectivity index (χ3n) is 3.17. The van der Waals surface area contributed by atoms with E-state index in [1.54, 1.807) is 0 Å². The summed E-state index contributed by atoms with van der Waals surface area (Å²) < 4.78 is 5.85. The van der Waals surface area contributed by atoms with Gasteiger partial charge in [-0.25, -0.2) is 0 Å². The van der Waals surface area contributed by atoms with Crippen molar-refractivity contribution in [3.63, 3.8) is 0 Å². The molecule has 0 heterocycles. The van der Waals surface area contributed by atoms with Crippen molar-refractivity contribution in [2.45, 2.75) is 64.0 Å². The molecule has 3 nitrogen and oxygen atoms in total. The highest BCUT2D eigenvalue weighted by molar-refractivity contribution is 4.88. The van der Waals surface area contributed by atoms with Crippen LogP contribution in [-0.4, -0.2) is 25.3 Å². The van der Waals surface area contributed by atoms with Crippen molar-refractivity contribution < 1.29 is 4.74 Å². The summed E-state index contributed by atoms with van der Waals surface area (Å²) in [6.45, 7) is 3.59. The van der Waals surface area contributed by atoms with E-state index in [9.17, 15) is 0 Å². The van der Waals surface area contributed by atoms with E-state index in [0.717, 1.165) is 19.6 Å². The Morgan fingerprint density at radius 1 is 1.31 bits per heavy atom. The first kappa shape index (κ1) is 13.5. The average molecular weight is 224 g/mol. The lowest BCUT2D eigenvalue weighted by molar-refractivity contribution is 0.0397. The third-order valence-corrected chi connectivity index (χ3v) is 3.17. The Hall–Kier alpha value is -0.590. The number of nitrogens with zero attached hydrogens (tertiary/aromatic N) is 1. The molecule has 0 bridgehead atoms. The van der Waals surface area contributed by atoms with Crippen LogP contribution in [0.25, 0.3) is 0 Å². The lowest BCUT2D eigenvalue weighted by Gasteiger charge is -2.16. The summed E-state index contributed by atoms with van der Waals surface area (Å²) in [4.78, 5) is 0. The zero-order chi connectivity index (χ0) is 11.6. The SMILES string of the molecule is CCNC(C#N)CCOC1CCCCCC1. The average Bonchev–Trinajstić information content (AvgIpc) is 2.56. The molecule has 1 aliphatic carbocycles. The second-order valence-electron chi connectivity index (χ2n) is 4.51. The maximum Gasteiger partial charge on any atom is 0.0974 e. The molecule has 92 valence electrons.